The number of hydrogen-bond donors (Lipinski definition) is 5. The largest absolute Gasteiger partial charge is 0.490 e. The minimum absolute atomic E-state index is 0.0235. The summed E-state index contributed by atoms with van der Waals surface area (Å²) in [5.74, 6) is 0.908. The highest BCUT2D eigenvalue weighted by Crippen LogP contribution is 2.30. The first-order valence-corrected chi connectivity index (χ1v) is 9.59. The molecular formula is C21H23N5O4. The zero-order valence-corrected chi connectivity index (χ0v) is 16.1. The summed E-state index contributed by atoms with van der Waals surface area (Å²) < 4.78 is 7.32. The second-order valence-electron chi connectivity index (χ2n) is 6.85. The molecule has 3 atom stereocenters. The fourth-order valence-corrected chi connectivity index (χ4v) is 3.18. The Balaban J connectivity index is 1.51. The number of fused-ring (bicyclic) bond motifs is 1. The van der Waals surface area contributed by atoms with E-state index in [1.54, 1.807) is 16.9 Å². The van der Waals surface area contributed by atoms with Gasteiger partial charge in [0.15, 0.2) is 5.82 Å². The number of carbonyl (C=O) groups is 1. The van der Waals surface area contributed by atoms with Crippen molar-refractivity contribution in [1.29, 1.82) is 0 Å². The van der Waals surface area contributed by atoms with Crippen LogP contribution in [-0.4, -0.2) is 51.3 Å². The van der Waals surface area contributed by atoms with Crippen molar-refractivity contribution < 1.29 is 19.7 Å². The Kier molecular flexibility index (Phi) is 5.82. The predicted octanol–water partition coefficient (Wildman–Crippen LogP) is 0.656. The van der Waals surface area contributed by atoms with E-state index in [2.05, 4.69) is 21.0 Å². The lowest BCUT2D eigenvalue weighted by Crippen LogP contribution is -2.43. The molecule has 2 aliphatic heterocycles. The molecule has 0 saturated carbocycles. The van der Waals surface area contributed by atoms with E-state index in [0.717, 1.165) is 5.56 Å². The summed E-state index contributed by atoms with van der Waals surface area (Å²) >= 11 is 0. The van der Waals surface area contributed by atoms with Gasteiger partial charge in [-0.1, -0.05) is 30.4 Å². The lowest BCUT2D eigenvalue weighted by molar-refractivity contribution is 0.0532. The van der Waals surface area contributed by atoms with Crippen LogP contribution in [0.5, 0.6) is 5.75 Å². The topological polar surface area (TPSA) is 121 Å². The van der Waals surface area contributed by atoms with Gasteiger partial charge >= 0.3 is 0 Å². The first kappa shape index (κ1) is 19.7. The molecule has 1 amide bonds. The molecule has 0 aliphatic carbocycles. The number of dihydropyridines is 1. The highest BCUT2D eigenvalue weighted by molar-refractivity contribution is 5.93. The average Bonchev–Trinajstić information content (AvgIpc) is 3.21. The highest BCUT2D eigenvalue weighted by atomic mass is 16.5. The molecule has 3 heterocycles. The molecule has 0 radical (unpaired) electrons. The molecule has 9 nitrogen and oxygen atoms in total. The average molecular weight is 409 g/mol. The monoisotopic (exact) mass is 409 g/mol. The smallest absolute Gasteiger partial charge is 0.273 e. The number of aliphatic hydroxyl groups is 2. The Hall–Kier alpha value is -3.56. The second-order valence-corrected chi connectivity index (χ2v) is 6.85. The molecule has 156 valence electrons. The maximum absolute atomic E-state index is 12.8. The van der Waals surface area contributed by atoms with Gasteiger partial charge in [0.05, 0.1) is 18.8 Å². The van der Waals surface area contributed by atoms with Gasteiger partial charge in [-0.15, -0.1) is 0 Å². The van der Waals surface area contributed by atoms with Gasteiger partial charge in [0, 0.05) is 5.56 Å². The van der Waals surface area contributed by atoms with Crippen LogP contribution in [0, 0.1) is 0 Å². The lowest BCUT2D eigenvalue weighted by Gasteiger charge is -2.26. The number of rotatable bonds is 7. The summed E-state index contributed by atoms with van der Waals surface area (Å²) in [6, 6.07) is 7.12. The number of imidazole rings is 1. The third kappa shape index (κ3) is 4.22. The summed E-state index contributed by atoms with van der Waals surface area (Å²) in [6.45, 7) is -0.397. The summed E-state index contributed by atoms with van der Waals surface area (Å²) in [4.78, 5) is 17.1. The van der Waals surface area contributed by atoms with E-state index in [1.165, 1.54) is 6.20 Å². The van der Waals surface area contributed by atoms with E-state index in [4.69, 9.17) is 9.84 Å². The van der Waals surface area contributed by atoms with Crippen molar-refractivity contribution >= 4 is 12.0 Å². The molecule has 0 saturated heterocycles. The van der Waals surface area contributed by atoms with Gasteiger partial charge in [-0.2, -0.15) is 0 Å². The Morgan fingerprint density at radius 2 is 2.17 bits per heavy atom. The minimum atomic E-state index is -0.958. The van der Waals surface area contributed by atoms with Crippen LogP contribution >= 0.6 is 0 Å². The van der Waals surface area contributed by atoms with Crippen molar-refractivity contribution in [1.82, 2.24) is 20.3 Å². The molecule has 0 bridgehead atoms. The quantitative estimate of drug-likeness (QED) is 0.455. The Morgan fingerprint density at radius 3 is 2.97 bits per heavy atom. The number of nitrogens with one attached hydrogen (secondary N) is 3. The Labute approximate surface area is 173 Å². The zero-order valence-electron chi connectivity index (χ0n) is 16.1. The van der Waals surface area contributed by atoms with E-state index in [-0.39, 0.29) is 31.3 Å². The third-order valence-electron chi connectivity index (χ3n) is 4.70. The minimum Gasteiger partial charge on any atom is -0.490 e. The number of ether oxygens (including phenoxy) is 1. The molecule has 5 N–H and O–H groups in total. The van der Waals surface area contributed by atoms with Crippen LogP contribution in [0.25, 0.3) is 6.08 Å². The number of hydrogen-bond acceptors (Lipinski definition) is 7. The zero-order chi connectivity index (χ0) is 20.9. The molecule has 30 heavy (non-hydrogen) atoms. The van der Waals surface area contributed by atoms with Crippen LogP contribution < -0.4 is 20.8 Å². The molecule has 1 aromatic heterocycles. The number of benzene rings is 1. The van der Waals surface area contributed by atoms with E-state index in [1.807, 2.05) is 48.6 Å². The summed E-state index contributed by atoms with van der Waals surface area (Å²) in [5, 5.41) is 24.5. The van der Waals surface area contributed by atoms with Gasteiger partial charge in [-0.3, -0.25) is 4.79 Å². The van der Waals surface area contributed by atoms with E-state index < -0.39 is 6.10 Å². The standard InChI is InChI=1S/C21H23N5O4/c27-12-14(28)13-30-18-6-2-1-5-15(18)16-8-9-20-23-11-17(26(20)25-16)21(29)24-19-7-3-4-10-22-19/h1-11,14,16,19,22,25,27-28H,12-13H2,(H,24,29)/t14-,16?,19?/m1/s1. The van der Waals surface area contributed by atoms with E-state index >= 15 is 0 Å². The first-order valence-electron chi connectivity index (χ1n) is 9.59. The molecule has 2 unspecified atom stereocenters. The number of amides is 1. The summed E-state index contributed by atoms with van der Waals surface area (Å²) in [7, 11) is 0. The van der Waals surface area contributed by atoms with Crippen LogP contribution in [0.2, 0.25) is 0 Å². The van der Waals surface area contributed by atoms with Crippen molar-refractivity contribution in [3.63, 3.8) is 0 Å². The molecular weight excluding hydrogens is 386 g/mol. The van der Waals surface area contributed by atoms with E-state index in [0.29, 0.717) is 17.3 Å². The second kappa shape index (κ2) is 8.85. The molecule has 2 aromatic rings. The molecule has 0 fully saturated rings. The van der Waals surface area contributed by atoms with Gasteiger partial charge in [0.2, 0.25) is 0 Å². The van der Waals surface area contributed by atoms with Crippen molar-refractivity contribution in [2.24, 2.45) is 0 Å². The maximum Gasteiger partial charge on any atom is 0.273 e. The molecule has 9 heteroatoms. The molecule has 4 rings (SSSR count). The van der Waals surface area contributed by atoms with Gasteiger partial charge in [0.1, 0.15) is 30.3 Å². The molecule has 0 spiro atoms. The van der Waals surface area contributed by atoms with Crippen LogP contribution in [0.3, 0.4) is 0 Å². The Morgan fingerprint density at radius 1 is 1.30 bits per heavy atom. The van der Waals surface area contributed by atoms with Gasteiger partial charge in [-0.05, 0) is 30.5 Å². The maximum atomic E-state index is 12.8. The summed E-state index contributed by atoms with van der Waals surface area (Å²) in [6.07, 6.45) is 11.3. The number of para-hydroxylation sites is 1. The van der Waals surface area contributed by atoms with Crippen LogP contribution in [0.1, 0.15) is 27.9 Å². The normalized spacial score (nSPS) is 20.1. The van der Waals surface area contributed by atoms with Crippen LogP contribution in [0.4, 0.5) is 0 Å². The third-order valence-corrected chi connectivity index (χ3v) is 4.70. The number of aromatic nitrogens is 2. The van der Waals surface area contributed by atoms with Crippen molar-refractivity contribution in [3.8, 4) is 5.75 Å². The fraction of sp³-hybridized carbons (Fsp3) is 0.238. The first-order chi connectivity index (χ1) is 14.7. The number of allylic oxidation sites excluding steroid dienone is 2. The molecule has 1 aromatic carbocycles. The highest BCUT2D eigenvalue weighted by Gasteiger charge is 2.24. The van der Waals surface area contributed by atoms with E-state index in [9.17, 15) is 9.90 Å². The van der Waals surface area contributed by atoms with Gasteiger partial charge in [-0.25, -0.2) is 9.66 Å². The van der Waals surface area contributed by atoms with Crippen LogP contribution in [-0.2, 0) is 0 Å². The molecule has 2 aliphatic rings. The SMILES string of the molecule is O=C(NC1C=CC=CN1)c1cnc2n1NC(c1ccccc1OC[C@H](O)CO)C=C2. The fourth-order valence-electron chi connectivity index (χ4n) is 3.18. The van der Waals surface area contributed by atoms with Crippen molar-refractivity contribution in [2.75, 3.05) is 18.6 Å². The Bertz CT molecular complexity index is 997. The number of aliphatic hydroxyl groups excluding tert-OH is 2. The van der Waals surface area contributed by atoms with Gasteiger partial charge in [0.25, 0.3) is 5.91 Å². The van der Waals surface area contributed by atoms with Crippen LogP contribution in [0.15, 0.2) is 61.0 Å². The van der Waals surface area contributed by atoms with Crippen molar-refractivity contribution in [2.45, 2.75) is 18.3 Å². The van der Waals surface area contributed by atoms with Crippen molar-refractivity contribution in [3.05, 3.63) is 78.0 Å². The number of carbonyl (C=O) groups excluding carboxylic acids is 1. The predicted molar refractivity (Wildman–Crippen MR) is 111 cm³/mol. The lowest BCUT2D eigenvalue weighted by atomic mass is 10.0. The van der Waals surface area contributed by atoms with Gasteiger partial charge < -0.3 is 31.0 Å². The summed E-state index contributed by atoms with van der Waals surface area (Å²) in [5.41, 5.74) is 4.48. The number of nitrogens with zero attached hydrogens (tertiary/aromatic N) is 2.